The largest absolute Gasteiger partial charge is 0.454 e. The SMILES string of the molecule is c1ccc(-c2ncc3c(n2)CCN(Cc2ccc(-c4ccc5c(c4)OCO5)nc2)C3)cc1. The molecule has 6 nitrogen and oxygen atoms in total. The minimum atomic E-state index is 0.280. The van der Waals surface area contributed by atoms with Crippen LogP contribution in [0.5, 0.6) is 11.5 Å². The predicted molar refractivity (Wildman–Crippen MR) is 121 cm³/mol. The monoisotopic (exact) mass is 422 g/mol. The second-order valence-electron chi connectivity index (χ2n) is 8.11. The van der Waals surface area contributed by atoms with Crippen LogP contribution in [0.2, 0.25) is 0 Å². The summed E-state index contributed by atoms with van der Waals surface area (Å²) in [5.41, 5.74) is 6.58. The first kappa shape index (κ1) is 19.0. The molecule has 2 aromatic heterocycles. The van der Waals surface area contributed by atoms with E-state index in [1.54, 1.807) is 0 Å². The van der Waals surface area contributed by atoms with Crippen LogP contribution in [0.3, 0.4) is 0 Å². The maximum Gasteiger partial charge on any atom is 0.231 e. The number of pyridine rings is 1. The van der Waals surface area contributed by atoms with Crippen LogP contribution in [0.1, 0.15) is 16.8 Å². The Bertz CT molecular complexity index is 1260. The lowest BCUT2D eigenvalue weighted by atomic mass is 10.1. The van der Waals surface area contributed by atoms with Gasteiger partial charge in [-0.1, -0.05) is 36.4 Å². The number of benzene rings is 2. The second-order valence-corrected chi connectivity index (χ2v) is 8.11. The molecule has 0 spiro atoms. The molecule has 0 fully saturated rings. The molecule has 0 unspecified atom stereocenters. The molecule has 0 amide bonds. The number of aromatic nitrogens is 3. The fourth-order valence-corrected chi connectivity index (χ4v) is 4.24. The highest BCUT2D eigenvalue weighted by molar-refractivity contribution is 5.64. The highest BCUT2D eigenvalue weighted by atomic mass is 16.7. The van der Waals surface area contributed by atoms with E-state index in [1.165, 1.54) is 11.1 Å². The van der Waals surface area contributed by atoms with Crippen LogP contribution in [0.15, 0.2) is 73.1 Å². The van der Waals surface area contributed by atoms with Crippen molar-refractivity contribution in [3.05, 3.63) is 89.9 Å². The maximum atomic E-state index is 5.48. The molecule has 4 aromatic rings. The molecule has 0 saturated carbocycles. The number of rotatable bonds is 4. The molecule has 6 rings (SSSR count). The molecule has 32 heavy (non-hydrogen) atoms. The van der Waals surface area contributed by atoms with Crippen molar-refractivity contribution in [2.45, 2.75) is 19.5 Å². The van der Waals surface area contributed by atoms with Crippen molar-refractivity contribution in [2.75, 3.05) is 13.3 Å². The van der Waals surface area contributed by atoms with Crippen molar-refractivity contribution < 1.29 is 9.47 Å². The van der Waals surface area contributed by atoms with E-state index in [0.717, 1.165) is 65.9 Å². The van der Waals surface area contributed by atoms with E-state index in [-0.39, 0.29) is 6.79 Å². The van der Waals surface area contributed by atoms with Crippen LogP contribution in [-0.4, -0.2) is 33.2 Å². The first-order valence-corrected chi connectivity index (χ1v) is 10.8. The smallest absolute Gasteiger partial charge is 0.231 e. The zero-order chi connectivity index (χ0) is 21.3. The van der Waals surface area contributed by atoms with E-state index in [2.05, 4.69) is 39.1 Å². The Morgan fingerprint density at radius 1 is 0.844 bits per heavy atom. The Morgan fingerprint density at radius 3 is 2.62 bits per heavy atom. The summed E-state index contributed by atoms with van der Waals surface area (Å²) in [6.07, 6.45) is 4.88. The quantitative estimate of drug-likeness (QED) is 0.483. The van der Waals surface area contributed by atoms with Crippen LogP contribution in [-0.2, 0) is 19.5 Å². The Morgan fingerprint density at radius 2 is 1.75 bits per heavy atom. The van der Waals surface area contributed by atoms with Gasteiger partial charge in [0, 0.05) is 55.1 Å². The standard InChI is InChI=1S/C26H22N4O2/c1-2-4-19(5-3-1)26-28-14-21-16-30(11-10-23(21)29-26)15-18-6-8-22(27-13-18)20-7-9-24-25(12-20)32-17-31-24/h1-9,12-14H,10-11,15-17H2. The van der Waals surface area contributed by atoms with Crippen LogP contribution in [0.25, 0.3) is 22.6 Å². The highest BCUT2D eigenvalue weighted by Crippen LogP contribution is 2.35. The number of ether oxygens (including phenoxy) is 2. The Labute approximate surface area is 186 Å². The number of fused-ring (bicyclic) bond motifs is 2. The van der Waals surface area contributed by atoms with Crippen LogP contribution >= 0.6 is 0 Å². The minimum absolute atomic E-state index is 0.280. The van der Waals surface area contributed by atoms with Gasteiger partial charge in [-0.05, 0) is 29.8 Å². The lowest BCUT2D eigenvalue weighted by molar-refractivity contribution is 0.174. The Hall–Kier alpha value is -3.77. The van der Waals surface area contributed by atoms with Crippen molar-refractivity contribution in [3.63, 3.8) is 0 Å². The average molecular weight is 422 g/mol. The third kappa shape index (κ3) is 3.69. The maximum absolute atomic E-state index is 5.48. The van der Waals surface area contributed by atoms with Gasteiger partial charge in [0.25, 0.3) is 0 Å². The van der Waals surface area contributed by atoms with Gasteiger partial charge in [-0.2, -0.15) is 0 Å². The average Bonchev–Trinajstić information content (AvgIpc) is 3.33. The number of hydrogen-bond donors (Lipinski definition) is 0. The van der Waals surface area contributed by atoms with Gasteiger partial charge in [0.2, 0.25) is 6.79 Å². The first-order valence-electron chi connectivity index (χ1n) is 10.8. The molecule has 0 N–H and O–H groups in total. The van der Waals surface area contributed by atoms with Crippen molar-refractivity contribution in [1.82, 2.24) is 19.9 Å². The molecule has 0 atom stereocenters. The van der Waals surface area contributed by atoms with Gasteiger partial charge in [0.1, 0.15) is 0 Å². The summed E-state index contributed by atoms with van der Waals surface area (Å²) in [7, 11) is 0. The fraction of sp³-hybridized carbons (Fsp3) is 0.192. The first-order chi connectivity index (χ1) is 15.8. The van der Waals surface area contributed by atoms with Crippen LogP contribution in [0, 0.1) is 0 Å². The third-order valence-electron chi connectivity index (χ3n) is 5.94. The predicted octanol–water partition coefficient (Wildman–Crippen LogP) is 4.49. The molecule has 2 aliphatic rings. The van der Waals surface area contributed by atoms with Gasteiger partial charge in [-0.25, -0.2) is 9.97 Å². The van der Waals surface area contributed by atoms with Gasteiger partial charge >= 0.3 is 0 Å². The van der Waals surface area contributed by atoms with Gasteiger partial charge in [-0.3, -0.25) is 9.88 Å². The summed E-state index contributed by atoms with van der Waals surface area (Å²) < 4.78 is 10.9. The molecule has 158 valence electrons. The van der Waals surface area contributed by atoms with Crippen molar-refractivity contribution in [1.29, 1.82) is 0 Å². The zero-order valence-corrected chi connectivity index (χ0v) is 17.6. The molecule has 0 aliphatic carbocycles. The van der Waals surface area contributed by atoms with E-state index in [9.17, 15) is 0 Å². The molecule has 0 radical (unpaired) electrons. The minimum Gasteiger partial charge on any atom is -0.454 e. The molecule has 6 heteroatoms. The van der Waals surface area contributed by atoms with E-state index in [1.807, 2.05) is 48.8 Å². The third-order valence-corrected chi connectivity index (χ3v) is 5.94. The molecular formula is C26H22N4O2. The summed E-state index contributed by atoms with van der Waals surface area (Å²) in [4.78, 5) is 16.5. The summed E-state index contributed by atoms with van der Waals surface area (Å²) >= 11 is 0. The van der Waals surface area contributed by atoms with Crippen molar-refractivity contribution in [3.8, 4) is 34.1 Å². The van der Waals surface area contributed by atoms with Crippen LogP contribution in [0.4, 0.5) is 0 Å². The summed E-state index contributed by atoms with van der Waals surface area (Å²) in [6.45, 7) is 2.97. The number of hydrogen-bond acceptors (Lipinski definition) is 6. The topological polar surface area (TPSA) is 60.4 Å². The molecular weight excluding hydrogens is 400 g/mol. The molecule has 2 aromatic carbocycles. The van der Waals surface area contributed by atoms with Gasteiger partial charge in [0.15, 0.2) is 17.3 Å². The van der Waals surface area contributed by atoms with E-state index >= 15 is 0 Å². The molecule has 0 saturated heterocycles. The van der Waals surface area contributed by atoms with E-state index in [4.69, 9.17) is 14.5 Å². The Balaban J connectivity index is 1.14. The van der Waals surface area contributed by atoms with E-state index in [0.29, 0.717) is 0 Å². The summed E-state index contributed by atoms with van der Waals surface area (Å²) in [6, 6.07) is 20.3. The molecule has 0 bridgehead atoms. The van der Waals surface area contributed by atoms with Crippen molar-refractivity contribution in [2.24, 2.45) is 0 Å². The summed E-state index contributed by atoms with van der Waals surface area (Å²) in [5.74, 6) is 2.37. The van der Waals surface area contributed by atoms with Gasteiger partial charge < -0.3 is 9.47 Å². The Kier molecular flexibility index (Phi) is 4.77. The highest BCUT2D eigenvalue weighted by Gasteiger charge is 2.19. The zero-order valence-electron chi connectivity index (χ0n) is 17.6. The van der Waals surface area contributed by atoms with Crippen LogP contribution < -0.4 is 9.47 Å². The number of nitrogens with zero attached hydrogens (tertiary/aromatic N) is 4. The fourth-order valence-electron chi connectivity index (χ4n) is 4.24. The lowest BCUT2D eigenvalue weighted by Gasteiger charge is -2.28. The van der Waals surface area contributed by atoms with Crippen molar-refractivity contribution >= 4 is 0 Å². The molecule has 4 heterocycles. The molecule has 2 aliphatic heterocycles. The lowest BCUT2D eigenvalue weighted by Crippen LogP contribution is -2.31. The normalized spacial score (nSPS) is 14.9. The second kappa shape index (κ2) is 8.05. The summed E-state index contributed by atoms with van der Waals surface area (Å²) in [5, 5.41) is 0. The van der Waals surface area contributed by atoms with Gasteiger partial charge in [0.05, 0.1) is 11.4 Å². The van der Waals surface area contributed by atoms with Gasteiger partial charge in [-0.15, -0.1) is 0 Å². The van der Waals surface area contributed by atoms with E-state index < -0.39 is 0 Å².